The first-order valence-electron chi connectivity index (χ1n) is 7.06. The zero-order valence-electron chi connectivity index (χ0n) is 11.7. The molecular formula is C14H28IN3. The zero-order chi connectivity index (χ0) is 12.3. The summed E-state index contributed by atoms with van der Waals surface area (Å²) >= 11 is 0. The van der Waals surface area contributed by atoms with E-state index in [0.717, 1.165) is 31.9 Å². The molecule has 0 saturated heterocycles. The van der Waals surface area contributed by atoms with Gasteiger partial charge in [-0.2, -0.15) is 0 Å². The third-order valence-electron chi connectivity index (χ3n) is 2.97. The highest BCUT2D eigenvalue weighted by Gasteiger charge is 2.10. The molecule has 0 spiro atoms. The highest BCUT2D eigenvalue weighted by molar-refractivity contribution is 14.0. The molecule has 0 aliphatic heterocycles. The third-order valence-corrected chi connectivity index (χ3v) is 2.97. The maximum Gasteiger partial charge on any atom is 0.191 e. The fraction of sp³-hybridized carbons (Fsp3) is 0.786. The summed E-state index contributed by atoms with van der Waals surface area (Å²) < 4.78 is 0. The van der Waals surface area contributed by atoms with Crippen molar-refractivity contribution >= 4 is 29.9 Å². The molecule has 0 radical (unpaired) electrons. The van der Waals surface area contributed by atoms with E-state index in [4.69, 9.17) is 0 Å². The molecule has 0 aromatic heterocycles. The van der Waals surface area contributed by atoms with Gasteiger partial charge in [-0.3, -0.25) is 4.99 Å². The second kappa shape index (κ2) is 11.8. The van der Waals surface area contributed by atoms with Crippen LogP contribution in [0.25, 0.3) is 0 Å². The summed E-state index contributed by atoms with van der Waals surface area (Å²) in [6, 6.07) is 0.545. The van der Waals surface area contributed by atoms with Gasteiger partial charge in [-0.1, -0.05) is 38.3 Å². The van der Waals surface area contributed by atoms with Gasteiger partial charge in [0, 0.05) is 19.1 Å². The normalized spacial score (nSPS) is 15.6. The molecule has 1 aliphatic rings. The number of aliphatic imine (C=N–C) groups is 1. The Morgan fingerprint density at radius 1 is 1.17 bits per heavy atom. The lowest BCUT2D eigenvalue weighted by molar-refractivity contribution is 0.627. The van der Waals surface area contributed by atoms with Crippen LogP contribution in [-0.4, -0.2) is 25.1 Å². The van der Waals surface area contributed by atoms with E-state index in [2.05, 4.69) is 41.6 Å². The number of hydrogen-bond donors (Lipinski definition) is 2. The van der Waals surface area contributed by atoms with E-state index in [0.29, 0.717) is 6.04 Å². The molecule has 0 atom stereocenters. The summed E-state index contributed by atoms with van der Waals surface area (Å²) in [4.78, 5) is 4.62. The van der Waals surface area contributed by atoms with E-state index in [1.165, 1.54) is 25.7 Å². The zero-order valence-corrected chi connectivity index (χ0v) is 14.1. The van der Waals surface area contributed by atoms with E-state index in [9.17, 15) is 0 Å². The van der Waals surface area contributed by atoms with Crippen LogP contribution in [0.3, 0.4) is 0 Å². The van der Waals surface area contributed by atoms with Gasteiger partial charge in [0.05, 0.1) is 0 Å². The Morgan fingerprint density at radius 2 is 1.89 bits per heavy atom. The predicted octanol–water partition coefficient (Wildman–Crippen LogP) is 3.46. The molecule has 106 valence electrons. The molecule has 3 nitrogen and oxygen atoms in total. The van der Waals surface area contributed by atoms with Crippen molar-refractivity contribution in [1.82, 2.24) is 10.6 Å². The summed E-state index contributed by atoms with van der Waals surface area (Å²) in [5, 5.41) is 6.80. The van der Waals surface area contributed by atoms with E-state index in [-0.39, 0.29) is 24.0 Å². The van der Waals surface area contributed by atoms with Crippen molar-refractivity contribution < 1.29 is 0 Å². The van der Waals surface area contributed by atoms with Crippen molar-refractivity contribution in [3.05, 3.63) is 12.2 Å². The minimum atomic E-state index is 0. The van der Waals surface area contributed by atoms with Crippen LogP contribution in [0.4, 0.5) is 0 Å². The van der Waals surface area contributed by atoms with Gasteiger partial charge >= 0.3 is 0 Å². The van der Waals surface area contributed by atoms with Crippen molar-refractivity contribution in [3.63, 3.8) is 0 Å². The summed E-state index contributed by atoms with van der Waals surface area (Å²) in [5.41, 5.74) is 0. The van der Waals surface area contributed by atoms with E-state index < -0.39 is 0 Å². The van der Waals surface area contributed by atoms with Gasteiger partial charge in [0.15, 0.2) is 5.96 Å². The van der Waals surface area contributed by atoms with E-state index in [1.807, 2.05) is 0 Å². The third kappa shape index (κ3) is 7.95. The van der Waals surface area contributed by atoms with Gasteiger partial charge in [0.2, 0.25) is 0 Å². The Labute approximate surface area is 129 Å². The largest absolute Gasteiger partial charge is 0.357 e. The molecule has 0 aromatic carbocycles. The summed E-state index contributed by atoms with van der Waals surface area (Å²) in [7, 11) is 0. The lowest BCUT2D eigenvalue weighted by Crippen LogP contribution is -2.42. The minimum Gasteiger partial charge on any atom is -0.357 e. The number of halogens is 1. The van der Waals surface area contributed by atoms with Gasteiger partial charge in [0.1, 0.15) is 0 Å². The Morgan fingerprint density at radius 3 is 2.50 bits per heavy atom. The second-order valence-corrected chi connectivity index (χ2v) is 4.61. The lowest BCUT2D eigenvalue weighted by Gasteiger charge is -2.16. The lowest BCUT2D eigenvalue weighted by atomic mass is 10.2. The van der Waals surface area contributed by atoms with Gasteiger partial charge < -0.3 is 10.6 Å². The van der Waals surface area contributed by atoms with Crippen LogP contribution in [-0.2, 0) is 0 Å². The van der Waals surface area contributed by atoms with Crippen LogP contribution in [0.1, 0.15) is 52.4 Å². The second-order valence-electron chi connectivity index (χ2n) is 4.61. The Hall–Kier alpha value is -0.260. The number of nitrogens with one attached hydrogen (secondary N) is 2. The molecular weight excluding hydrogens is 337 g/mol. The fourth-order valence-electron chi connectivity index (χ4n) is 1.98. The SMILES string of the molecule is CCCCCCN=C(NCC)NC1CC=CC1.I. The van der Waals surface area contributed by atoms with E-state index in [1.54, 1.807) is 0 Å². The first-order chi connectivity index (χ1) is 8.36. The molecule has 1 rings (SSSR count). The summed E-state index contributed by atoms with van der Waals surface area (Å²) in [6.07, 6.45) is 11.8. The van der Waals surface area contributed by atoms with Crippen molar-refractivity contribution in [2.24, 2.45) is 4.99 Å². The average Bonchev–Trinajstić information content (AvgIpc) is 2.82. The molecule has 0 amide bonds. The van der Waals surface area contributed by atoms with Crippen molar-refractivity contribution in [3.8, 4) is 0 Å². The van der Waals surface area contributed by atoms with Crippen molar-refractivity contribution in [2.75, 3.05) is 13.1 Å². The molecule has 2 N–H and O–H groups in total. The first kappa shape index (κ1) is 17.7. The van der Waals surface area contributed by atoms with Gasteiger partial charge in [0.25, 0.3) is 0 Å². The summed E-state index contributed by atoms with van der Waals surface area (Å²) in [6.45, 7) is 6.22. The number of rotatable bonds is 7. The number of hydrogen-bond acceptors (Lipinski definition) is 1. The van der Waals surface area contributed by atoms with E-state index >= 15 is 0 Å². The Balaban J connectivity index is 0.00000289. The number of nitrogens with zero attached hydrogens (tertiary/aromatic N) is 1. The van der Waals surface area contributed by atoms with Crippen LogP contribution in [0, 0.1) is 0 Å². The molecule has 4 heteroatoms. The Kier molecular flexibility index (Phi) is 11.6. The fourth-order valence-corrected chi connectivity index (χ4v) is 1.98. The minimum absolute atomic E-state index is 0. The Bertz CT molecular complexity index is 243. The molecule has 0 aromatic rings. The summed E-state index contributed by atoms with van der Waals surface area (Å²) in [5.74, 6) is 0.984. The quantitative estimate of drug-likeness (QED) is 0.238. The maximum atomic E-state index is 4.62. The van der Waals surface area contributed by atoms with Gasteiger partial charge in [-0.25, -0.2) is 0 Å². The topological polar surface area (TPSA) is 36.4 Å². The van der Waals surface area contributed by atoms with Gasteiger partial charge in [-0.05, 0) is 26.2 Å². The number of unbranched alkanes of at least 4 members (excludes halogenated alkanes) is 3. The monoisotopic (exact) mass is 365 g/mol. The molecule has 1 aliphatic carbocycles. The van der Waals surface area contributed by atoms with Crippen LogP contribution in [0.2, 0.25) is 0 Å². The number of guanidine groups is 1. The highest BCUT2D eigenvalue weighted by atomic mass is 127. The first-order valence-corrected chi connectivity index (χ1v) is 7.06. The van der Waals surface area contributed by atoms with Crippen LogP contribution < -0.4 is 10.6 Å². The van der Waals surface area contributed by atoms with Crippen LogP contribution in [0.5, 0.6) is 0 Å². The standard InChI is InChI=1S/C14H27N3.HI/c1-3-5-6-9-12-16-14(15-4-2)17-13-10-7-8-11-13;/h7-8,13H,3-6,9-12H2,1-2H3,(H2,15,16,17);1H. The highest BCUT2D eigenvalue weighted by Crippen LogP contribution is 2.08. The van der Waals surface area contributed by atoms with Crippen LogP contribution >= 0.6 is 24.0 Å². The average molecular weight is 365 g/mol. The smallest absolute Gasteiger partial charge is 0.191 e. The molecule has 0 unspecified atom stereocenters. The van der Waals surface area contributed by atoms with Crippen LogP contribution in [0.15, 0.2) is 17.1 Å². The van der Waals surface area contributed by atoms with Gasteiger partial charge in [-0.15, -0.1) is 24.0 Å². The van der Waals surface area contributed by atoms with Crippen molar-refractivity contribution in [2.45, 2.75) is 58.4 Å². The van der Waals surface area contributed by atoms with Crippen molar-refractivity contribution in [1.29, 1.82) is 0 Å². The molecule has 18 heavy (non-hydrogen) atoms. The molecule has 0 saturated carbocycles. The molecule has 0 fully saturated rings. The molecule has 0 heterocycles. The predicted molar refractivity (Wildman–Crippen MR) is 90.8 cm³/mol. The maximum absolute atomic E-state index is 4.62. The molecule has 0 bridgehead atoms.